The predicted octanol–water partition coefficient (Wildman–Crippen LogP) is 4.34. The van der Waals surface area contributed by atoms with Crippen LogP contribution < -0.4 is 0 Å². The van der Waals surface area contributed by atoms with Crippen molar-refractivity contribution < 1.29 is 0 Å². The summed E-state index contributed by atoms with van der Waals surface area (Å²) in [6.45, 7) is 2.20. The molecule has 2 aromatic heterocycles. The molecular formula is C11H12N2S3. The van der Waals surface area contributed by atoms with E-state index in [-0.39, 0.29) is 0 Å². The zero-order valence-electron chi connectivity index (χ0n) is 8.97. The standard InChI is InChI=1S/C11H12N2S3/c1-2-3-4-8-10(15-16-11(8)14)9-7-12-5-6-13-9/h5-7H,2-4H2,1H3. The molecule has 2 nitrogen and oxygen atoms in total. The Morgan fingerprint density at radius 3 is 2.88 bits per heavy atom. The van der Waals surface area contributed by atoms with E-state index in [4.69, 9.17) is 12.2 Å². The van der Waals surface area contributed by atoms with Crippen LogP contribution in [-0.2, 0) is 6.42 Å². The molecule has 84 valence electrons. The van der Waals surface area contributed by atoms with Gasteiger partial charge in [-0.15, -0.1) is 0 Å². The van der Waals surface area contributed by atoms with Crippen LogP contribution in [0.3, 0.4) is 0 Å². The van der Waals surface area contributed by atoms with Crippen molar-refractivity contribution in [3.05, 3.63) is 28.0 Å². The number of unbranched alkanes of at least 4 members (excludes halogenated alkanes) is 1. The van der Waals surface area contributed by atoms with Gasteiger partial charge in [0.05, 0.1) is 16.8 Å². The predicted molar refractivity (Wildman–Crippen MR) is 72.7 cm³/mol. The van der Waals surface area contributed by atoms with Gasteiger partial charge in [-0.2, -0.15) is 0 Å². The molecule has 0 aromatic carbocycles. The van der Waals surface area contributed by atoms with Gasteiger partial charge in [-0.1, -0.05) is 46.2 Å². The van der Waals surface area contributed by atoms with E-state index in [1.54, 1.807) is 33.1 Å². The van der Waals surface area contributed by atoms with Gasteiger partial charge >= 0.3 is 0 Å². The fraction of sp³-hybridized carbons (Fsp3) is 0.364. The molecule has 0 fully saturated rings. The molecule has 0 aliphatic carbocycles. The number of rotatable bonds is 4. The van der Waals surface area contributed by atoms with Crippen LogP contribution in [0.5, 0.6) is 0 Å². The van der Waals surface area contributed by atoms with Crippen LogP contribution in [0.15, 0.2) is 18.6 Å². The number of hydrogen-bond acceptors (Lipinski definition) is 5. The lowest BCUT2D eigenvalue weighted by Gasteiger charge is -2.00. The second-order valence-corrected chi connectivity index (χ2v) is 6.27. The fourth-order valence-electron chi connectivity index (χ4n) is 1.46. The molecule has 2 aromatic rings. The molecule has 5 heteroatoms. The van der Waals surface area contributed by atoms with Crippen LogP contribution in [0.2, 0.25) is 0 Å². The van der Waals surface area contributed by atoms with Crippen molar-refractivity contribution in [3.63, 3.8) is 0 Å². The van der Waals surface area contributed by atoms with Crippen molar-refractivity contribution in [2.24, 2.45) is 0 Å². The highest BCUT2D eigenvalue weighted by atomic mass is 32.9. The normalized spacial score (nSPS) is 10.6. The van der Waals surface area contributed by atoms with Crippen molar-refractivity contribution in [3.8, 4) is 10.6 Å². The van der Waals surface area contributed by atoms with Gasteiger partial charge in [0.2, 0.25) is 0 Å². The maximum absolute atomic E-state index is 5.37. The first-order chi connectivity index (χ1) is 7.83. The molecule has 2 rings (SSSR count). The van der Waals surface area contributed by atoms with E-state index >= 15 is 0 Å². The summed E-state index contributed by atoms with van der Waals surface area (Å²) in [5, 5.41) is 0. The minimum absolute atomic E-state index is 0.950. The Bertz CT molecular complexity index is 501. The van der Waals surface area contributed by atoms with E-state index in [0.29, 0.717) is 0 Å². The lowest BCUT2D eigenvalue weighted by molar-refractivity contribution is 0.797. The average Bonchev–Trinajstić information content (AvgIpc) is 2.69. The van der Waals surface area contributed by atoms with E-state index in [0.717, 1.165) is 15.9 Å². The van der Waals surface area contributed by atoms with E-state index < -0.39 is 0 Å². The van der Waals surface area contributed by atoms with Crippen LogP contribution >= 0.6 is 32.9 Å². The fourth-order valence-corrected chi connectivity index (χ4v) is 4.39. The molecule has 0 N–H and O–H groups in total. The monoisotopic (exact) mass is 268 g/mol. The third-order valence-electron chi connectivity index (χ3n) is 2.30. The van der Waals surface area contributed by atoms with Crippen molar-refractivity contribution in [2.75, 3.05) is 0 Å². The molecule has 2 heterocycles. The quantitative estimate of drug-likeness (QED) is 0.609. The van der Waals surface area contributed by atoms with Crippen molar-refractivity contribution in [1.29, 1.82) is 0 Å². The van der Waals surface area contributed by atoms with Crippen molar-refractivity contribution in [1.82, 2.24) is 9.97 Å². The summed E-state index contributed by atoms with van der Waals surface area (Å²) in [6, 6.07) is 0. The first-order valence-corrected chi connectivity index (χ1v) is 7.77. The minimum Gasteiger partial charge on any atom is -0.261 e. The Morgan fingerprint density at radius 2 is 2.19 bits per heavy atom. The van der Waals surface area contributed by atoms with Gasteiger partial charge in [0.1, 0.15) is 3.82 Å². The summed E-state index contributed by atoms with van der Waals surface area (Å²) >= 11 is 5.37. The summed E-state index contributed by atoms with van der Waals surface area (Å²) in [5.74, 6) is 0. The maximum Gasteiger partial charge on any atom is 0.105 e. The third kappa shape index (κ3) is 2.53. The zero-order chi connectivity index (χ0) is 11.4. The first kappa shape index (κ1) is 11.8. The van der Waals surface area contributed by atoms with Crippen molar-refractivity contribution >= 4 is 32.9 Å². The van der Waals surface area contributed by atoms with Crippen LogP contribution in [0.1, 0.15) is 25.3 Å². The van der Waals surface area contributed by atoms with Crippen LogP contribution in [-0.4, -0.2) is 9.97 Å². The molecule has 0 saturated heterocycles. The van der Waals surface area contributed by atoms with E-state index in [2.05, 4.69) is 16.9 Å². The smallest absolute Gasteiger partial charge is 0.105 e. The highest BCUT2D eigenvalue weighted by molar-refractivity contribution is 7.80. The van der Waals surface area contributed by atoms with E-state index in [1.807, 2.05) is 6.20 Å². The Hall–Kier alpha value is -0.650. The molecule has 0 atom stereocenters. The minimum atomic E-state index is 0.950. The van der Waals surface area contributed by atoms with Crippen LogP contribution in [0, 0.1) is 3.82 Å². The SMILES string of the molecule is CCCCc1c(-c2cnccn2)ssc1=S. The molecule has 0 amide bonds. The largest absolute Gasteiger partial charge is 0.261 e. The molecule has 0 aliphatic rings. The topological polar surface area (TPSA) is 25.8 Å². The Morgan fingerprint density at radius 1 is 1.31 bits per heavy atom. The summed E-state index contributed by atoms with van der Waals surface area (Å²) < 4.78 is 1.01. The molecule has 0 bridgehead atoms. The molecule has 0 radical (unpaired) electrons. The highest BCUT2D eigenvalue weighted by Crippen LogP contribution is 2.33. The lowest BCUT2D eigenvalue weighted by atomic mass is 10.1. The van der Waals surface area contributed by atoms with E-state index in [1.165, 1.54) is 23.3 Å². The molecule has 16 heavy (non-hydrogen) atoms. The Kier molecular flexibility index (Phi) is 4.15. The summed E-state index contributed by atoms with van der Waals surface area (Å²) in [6.07, 6.45) is 8.66. The first-order valence-electron chi connectivity index (χ1n) is 5.21. The summed E-state index contributed by atoms with van der Waals surface area (Å²) in [5.41, 5.74) is 2.23. The van der Waals surface area contributed by atoms with Crippen molar-refractivity contribution in [2.45, 2.75) is 26.2 Å². The summed E-state index contributed by atoms with van der Waals surface area (Å²) in [4.78, 5) is 9.65. The molecular weight excluding hydrogens is 256 g/mol. The van der Waals surface area contributed by atoms with Gasteiger partial charge in [-0.25, -0.2) is 0 Å². The zero-order valence-corrected chi connectivity index (χ0v) is 11.4. The van der Waals surface area contributed by atoms with Crippen LogP contribution in [0.4, 0.5) is 0 Å². The lowest BCUT2D eigenvalue weighted by Crippen LogP contribution is -1.88. The highest BCUT2D eigenvalue weighted by Gasteiger charge is 2.11. The third-order valence-corrected chi connectivity index (χ3v) is 5.46. The Labute approximate surface area is 107 Å². The Balaban J connectivity index is 2.38. The average molecular weight is 268 g/mol. The second kappa shape index (κ2) is 5.61. The number of aromatic nitrogens is 2. The van der Waals surface area contributed by atoms with Gasteiger partial charge in [-0.3, -0.25) is 9.97 Å². The maximum atomic E-state index is 5.37. The van der Waals surface area contributed by atoms with Gasteiger partial charge in [0.15, 0.2) is 0 Å². The van der Waals surface area contributed by atoms with Gasteiger partial charge < -0.3 is 0 Å². The number of nitrogens with zero attached hydrogens (tertiary/aromatic N) is 2. The molecule has 0 aliphatic heterocycles. The van der Waals surface area contributed by atoms with E-state index in [9.17, 15) is 0 Å². The van der Waals surface area contributed by atoms with Gasteiger partial charge in [0, 0.05) is 18.0 Å². The van der Waals surface area contributed by atoms with Gasteiger partial charge in [-0.05, 0) is 12.8 Å². The molecule has 0 unspecified atom stereocenters. The molecule has 0 saturated carbocycles. The molecule has 0 spiro atoms. The number of hydrogen-bond donors (Lipinski definition) is 0. The van der Waals surface area contributed by atoms with Crippen LogP contribution in [0.25, 0.3) is 10.6 Å². The summed E-state index contributed by atoms with van der Waals surface area (Å²) in [7, 11) is 3.38. The second-order valence-electron chi connectivity index (χ2n) is 3.46. The van der Waals surface area contributed by atoms with Gasteiger partial charge in [0.25, 0.3) is 0 Å².